The van der Waals surface area contributed by atoms with Crippen LogP contribution in [-0.2, 0) is 4.79 Å². The summed E-state index contributed by atoms with van der Waals surface area (Å²) in [5.41, 5.74) is 0.513. The standard InChI is InChI=1S/C13H16N2O2/c1-9(2)15-13(16)10(3)17-12-6-4-5-11(7-12)8-14/h4-7,9-10H,1-3H3,(H,15,16)/t10-/m1/s1. The topological polar surface area (TPSA) is 62.1 Å². The first-order valence-electron chi connectivity index (χ1n) is 5.50. The Morgan fingerprint density at radius 1 is 1.41 bits per heavy atom. The minimum absolute atomic E-state index is 0.0824. The van der Waals surface area contributed by atoms with E-state index in [4.69, 9.17) is 10.00 Å². The third-order valence-corrected chi connectivity index (χ3v) is 2.08. The highest BCUT2D eigenvalue weighted by Gasteiger charge is 2.15. The molecule has 0 saturated carbocycles. The minimum atomic E-state index is -0.577. The van der Waals surface area contributed by atoms with Crippen molar-refractivity contribution in [1.82, 2.24) is 5.32 Å². The molecule has 0 radical (unpaired) electrons. The van der Waals surface area contributed by atoms with Gasteiger partial charge in [-0.2, -0.15) is 5.26 Å². The average Bonchev–Trinajstić information content (AvgIpc) is 2.28. The molecule has 17 heavy (non-hydrogen) atoms. The van der Waals surface area contributed by atoms with Crippen molar-refractivity contribution < 1.29 is 9.53 Å². The Hall–Kier alpha value is -2.02. The summed E-state index contributed by atoms with van der Waals surface area (Å²) in [5, 5.41) is 11.5. The van der Waals surface area contributed by atoms with E-state index in [1.807, 2.05) is 19.9 Å². The number of carbonyl (C=O) groups is 1. The van der Waals surface area contributed by atoms with E-state index < -0.39 is 6.10 Å². The maximum atomic E-state index is 11.6. The van der Waals surface area contributed by atoms with Crippen molar-refractivity contribution in [3.63, 3.8) is 0 Å². The molecule has 0 aliphatic heterocycles. The highest BCUT2D eigenvalue weighted by Crippen LogP contribution is 2.14. The van der Waals surface area contributed by atoms with Crippen molar-refractivity contribution in [1.29, 1.82) is 5.26 Å². The second kappa shape index (κ2) is 5.90. The molecule has 0 aliphatic carbocycles. The first kappa shape index (κ1) is 13.0. The smallest absolute Gasteiger partial charge is 0.260 e. The summed E-state index contributed by atoms with van der Waals surface area (Å²) in [6.07, 6.45) is -0.577. The first-order valence-corrected chi connectivity index (χ1v) is 5.50. The van der Waals surface area contributed by atoms with Crippen LogP contribution < -0.4 is 10.1 Å². The predicted octanol–water partition coefficient (Wildman–Crippen LogP) is 1.85. The van der Waals surface area contributed by atoms with Crippen molar-refractivity contribution in [2.45, 2.75) is 32.9 Å². The van der Waals surface area contributed by atoms with Crippen LogP contribution in [0.3, 0.4) is 0 Å². The predicted molar refractivity (Wildman–Crippen MR) is 64.5 cm³/mol. The molecule has 90 valence electrons. The van der Waals surface area contributed by atoms with Crippen LogP contribution >= 0.6 is 0 Å². The molecular formula is C13H16N2O2. The zero-order valence-electron chi connectivity index (χ0n) is 10.2. The van der Waals surface area contributed by atoms with Gasteiger partial charge in [-0.25, -0.2) is 0 Å². The number of hydrogen-bond acceptors (Lipinski definition) is 3. The van der Waals surface area contributed by atoms with Gasteiger partial charge in [0.25, 0.3) is 5.91 Å². The van der Waals surface area contributed by atoms with Crippen LogP contribution in [0.15, 0.2) is 24.3 Å². The summed E-state index contributed by atoms with van der Waals surface area (Å²) < 4.78 is 5.46. The van der Waals surface area contributed by atoms with Gasteiger partial charge in [-0.15, -0.1) is 0 Å². The number of amides is 1. The van der Waals surface area contributed by atoms with Gasteiger partial charge in [0.2, 0.25) is 0 Å². The number of rotatable bonds is 4. The first-order chi connectivity index (χ1) is 8.02. The van der Waals surface area contributed by atoms with Crippen LogP contribution in [0.4, 0.5) is 0 Å². The number of nitrogens with zero attached hydrogens (tertiary/aromatic N) is 1. The molecule has 0 heterocycles. The fourth-order valence-corrected chi connectivity index (χ4v) is 1.30. The molecule has 1 N–H and O–H groups in total. The van der Waals surface area contributed by atoms with E-state index in [1.165, 1.54) is 0 Å². The number of nitriles is 1. The summed E-state index contributed by atoms with van der Waals surface area (Å²) in [6.45, 7) is 5.46. The lowest BCUT2D eigenvalue weighted by molar-refractivity contribution is -0.127. The largest absolute Gasteiger partial charge is 0.481 e. The SMILES string of the molecule is CC(C)NC(=O)[C@@H](C)Oc1cccc(C#N)c1. The molecule has 0 saturated heterocycles. The molecule has 1 amide bonds. The fraction of sp³-hybridized carbons (Fsp3) is 0.385. The van der Waals surface area contributed by atoms with E-state index in [0.29, 0.717) is 11.3 Å². The lowest BCUT2D eigenvalue weighted by atomic mass is 10.2. The van der Waals surface area contributed by atoms with Gasteiger partial charge in [0.05, 0.1) is 11.6 Å². The Bertz CT molecular complexity index is 435. The van der Waals surface area contributed by atoms with Gasteiger partial charge in [0.15, 0.2) is 6.10 Å². The van der Waals surface area contributed by atoms with Gasteiger partial charge in [0, 0.05) is 6.04 Å². The van der Waals surface area contributed by atoms with E-state index in [1.54, 1.807) is 31.2 Å². The maximum Gasteiger partial charge on any atom is 0.260 e. The normalized spacial score (nSPS) is 11.7. The molecule has 4 heteroatoms. The number of hydrogen-bond donors (Lipinski definition) is 1. The number of nitrogens with one attached hydrogen (secondary N) is 1. The molecule has 1 aromatic carbocycles. The van der Waals surface area contributed by atoms with E-state index in [9.17, 15) is 4.79 Å². The monoisotopic (exact) mass is 232 g/mol. The molecule has 0 unspecified atom stereocenters. The van der Waals surface area contributed by atoms with E-state index in [2.05, 4.69) is 5.32 Å². The van der Waals surface area contributed by atoms with Crippen molar-refractivity contribution in [3.8, 4) is 11.8 Å². The van der Waals surface area contributed by atoms with Crippen LogP contribution in [0.1, 0.15) is 26.3 Å². The summed E-state index contributed by atoms with van der Waals surface area (Å²) >= 11 is 0. The molecule has 4 nitrogen and oxygen atoms in total. The van der Waals surface area contributed by atoms with Crippen LogP contribution in [0, 0.1) is 11.3 Å². The number of ether oxygens (including phenoxy) is 1. The summed E-state index contributed by atoms with van der Waals surface area (Å²) in [5.74, 6) is 0.359. The Morgan fingerprint density at radius 3 is 2.71 bits per heavy atom. The second-order valence-electron chi connectivity index (χ2n) is 4.06. The summed E-state index contributed by atoms with van der Waals surface area (Å²) in [4.78, 5) is 11.6. The quantitative estimate of drug-likeness (QED) is 0.861. The second-order valence-corrected chi connectivity index (χ2v) is 4.06. The lowest BCUT2D eigenvalue weighted by Gasteiger charge is -2.16. The van der Waals surface area contributed by atoms with E-state index in [0.717, 1.165) is 0 Å². The highest BCUT2D eigenvalue weighted by atomic mass is 16.5. The molecular weight excluding hydrogens is 216 g/mol. The molecule has 1 aromatic rings. The highest BCUT2D eigenvalue weighted by molar-refractivity contribution is 5.80. The Balaban J connectivity index is 2.64. The Morgan fingerprint density at radius 2 is 2.12 bits per heavy atom. The van der Waals surface area contributed by atoms with Gasteiger partial charge in [-0.05, 0) is 39.0 Å². The number of carbonyl (C=O) groups excluding carboxylic acids is 1. The molecule has 0 fully saturated rings. The Labute approximate surface area is 101 Å². The van der Waals surface area contributed by atoms with Crippen molar-refractivity contribution in [3.05, 3.63) is 29.8 Å². The number of benzene rings is 1. The van der Waals surface area contributed by atoms with E-state index >= 15 is 0 Å². The molecule has 0 aliphatic rings. The zero-order valence-corrected chi connectivity index (χ0v) is 10.2. The zero-order chi connectivity index (χ0) is 12.8. The van der Waals surface area contributed by atoms with Crippen LogP contribution in [-0.4, -0.2) is 18.1 Å². The van der Waals surface area contributed by atoms with Crippen LogP contribution in [0.5, 0.6) is 5.75 Å². The molecule has 0 bridgehead atoms. The van der Waals surface area contributed by atoms with Crippen molar-refractivity contribution in [2.24, 2.45) is 0 Å². The van der Waals surface area contributed by atoms with Crippen molar-refractivity contribution in [2.75, 3.05) is 0 Å². The minimum Gasteiger partial charge on any atom is -0.481 e. The van der Waals surface area contributed by atoms with Gasteiger partial charge in [-0.3, -0.25) is 4.79 Å². The Kier molecular flexibility index (Phi) is 4.53. The van der Waals surface area contributed by atoms with Gasteiger partial charge in [0.1, 0.15) is 5.75 Å². The van der Waals surface area contributed by atoms with Crippen LogP contribution in [0.25, 0.3) is 0 Å². The fourth-order valence-electron chi connectivity index (χ4n) is 1.30. The average molecular weight is 232 g/mol. The molecule has 0 aromatic heterocycles. The summed E-state index contributed by atoms with van der Waals surface area (Å²) in [6, 6.07) is 8.85. The maximum absolute atomic E-state index is 11.6. The van der Waals surface area contributed by atoms with Gasteiger partial charge >= 0.3 is 0 Å². The van der Waals surface area contributed by atoms with Crippen molar-refractivity contribution >= 4 is 5.91 Å². The third kappa shape index (κ3) is 4.15. The molecule has 1 atom stereocenters. The molecule has 1 rings (SSSR count). The third-order valence-electron chi connectivity index (χ3n) is 2.08. The molecule has 0 spiro atoms. The van der Waals surface area contributed by atoms with Gasteiger partial charge in [-0.1, -0.05) is 6.07 Å². The summed E-state index contributed by atoms with van der Waals surface area (Å²) in [7, 11) is 0. The lowest BCUT2D eigenvalue weighted by Crippen LogP contribution is -2.40. The van der Waals surface area contributed by atoms with Gasteiger partial charge < -0.3 is 10.1 Å². The van der Waals surface area contributed by atoms with Crippen LogP contribution in [0.2, 0.25) is 0 Å². The van der Waals surface area contributed by atoms with E-state index in [-0.39, 0.29) is 11.9 Å².